The first-order valence-corrected chi connectivity index (χ1v) is 10.2. The molecule has 0 amide bonds. The van der Waals surface area contributed by atoms with E-state index in [9.17, 15) is 4.79 Å². The van der Waals surface area contributed by atoms with Gasteiger partial charge in [0.15, 0.2) is 0 Å². The van der Waals surface area contributed by atoms with Crippen LogP contribution in [0.15, 0.2) is 79.0 Å². The number of H-pyrrole nitrogens is 1. The number of carboxylic acids is 1. The zero-order valence-corrected chi connectivity index (χ0v) is 16.9. The lowest BCUT2D eigenvalue weighted by Gasteiger charge is -2.17. The van der Waals surface area contributed by atoms with Gasteiger partial charge >= 0.3 is 5.97 Å². The Morgan fingerprint density at radius 2 is 1.67 bits per heavy atom. The minimum Gasteiger partial charge on any atom is -0.481 e. The van der Waals surface area contributed by atoms with Gasteiger partial charge in [-0.25, -0.2) is 0 Å². The molecule has 0 atom stereocenters. The van der Waals surface area contributed by atoms with E-state index in [4.69, 9.17) is 5.11 Å². The number of nitrogens with one attached hydrogen (secondary N) is 1. The van der Waals surface area contributed by atoms with Crippen LogP contribution in [0.5, 0.6) is 0 Å². The third-order valence-corrected chi connectivity index (χ3v) is 5.38. The lowest BCUT2D eigenvalue weighted by molar-refractivity contribution is -0.136. The number of aromatic nitrogens is 2. The van der Waals surface area contributed by atoms with Crippen LogP contribution in [0.3, 0.4) is 0 Å². The second kappa shape index (κ2) is 8.78. The number of rotatable bonds is 7. The number of hydrogen-bond acceptors (Lipinski definition) is 2. The van der Waals surface area contributed by atoms with Gasteiger partial charge in [0.1, 0.15) is 0 Å². The molecule has 0 aliphatic rings. The van der Waals surface area contributed by atoms with Crippen LogP contribution < -0.4 is 0 Å². The third kappa shape index (κ3) is 4.18. The van der Waals surface area contributed by atoms with Gasteiger partial charge in [0.2, 0.25) is 0 Å². The van der Waals surface area contributed by atoms with Crippen LogP contribution in [-0.2, 0) is 11.2 Å². The maximum Gasteiger partial charge on any atom is 0.303 e. The molecule has 4 aromatic rings. The Labute approximate surface area is 175 Å². The summed E-state index contributed by atoms with van der Waals surface area (Å²) in [6.07, 6.45) is 3.42. The van der Waals surface area contributed by atoms with E-state index in [2.05, 4.69) is 71.7 Å². The zero-order valence-electron chi connectivity index (χ0n) is 16.9. The van der Waals surface area contributed by atoms with Gasteiger partial charge in [-0.2, -0.15) is 5.10 Å². The number of nitrogens with zero attached hydrogens (tertiary/aromatic N) is 1. The van der Waals surface area contributed by atoms with Gasteiger partial charge in [0.05, 0.1) is 11.7 Å². The first-order valence-electron chi connectivity index (χ1n) is 10.2. The molecule has 150 valence electrons. The molecule has 0 fully saturated rings. The normalized spacial score (nSPS) is 12.0. The molecule has 0 saturated carbocycles. The minimum absolute atomic E-state index is 0.142. The number of fused-ring (bicyclic) bond motifs is 1. The van der Waals surface area contributed by atoms with Gasteiger partial charge in [-0.15, -0.1) is 0 Å². The van der Waals surface area contributed by atoms with Gasteiger partial charge < -0.3 is 5.11 Å². The topological polar surface area (TPSA) is 66.0 Å². The Hall–Kier alpha value is -3.66. The minimum atomic E-state index is -0.773. The highest BCUT2D eigenvalue weighted by Gasteiger charge is 2.14. The monoisotopic (exact) mass is 396 g/mol. The molecule has 0 aliphatic heterocycles. The van der Waals surface area contributed by atoms with Crippen molar-refractivity contribution >= 4 is 28.0 Å². The van der Waals surface area contributed by atoms with Crippen molar-refractivity contribution in [3.05, 3.63) is 101 Å². The zero-order chi connectivity index (χ0) is 20.9. The fraction of sp³-hybridized carbons (Fsp3) is 0.154. The van der Waals surface area contributed by atoms with Gasteiger partial charge in [-0.05, 0) is 58.4 Å². The standard InChI is InChI=1S/C26H24N2O2/c1-2-23(19-6-4-3-5-7-19)26(21-13-14-24-22(16-21)17-27-28-24)20-11-8-18(9-12-20)10-15-25(29)30/h3-9,11-14,16-17H,2,10,15H2,1H3,(H,27,28)(H,29,30)/b26-23-. The van der Waals surface area contributed by atoms with Crippen molar-refractivity contribution in [3.8, 4) is 0 Å². The fourth-order valence-corrected chi connectivity index (χ4v) is 3.87. The number of aromatic amines is 1. The summed E-state index contributed by atoms with van der Waals surface area (Å²) in [5, 5.41) is 17.2. The third-order valence-electron chi connectivity index (χ3n) is 5.38. The summed E-state index contributed by atoms with van der Waals surface area (Å²) in [7, 11) is 0. The van der Waals surface area contributed by atoms with E-state index in [-0.39, 0.29) is 6.42 Å². The molecule has 0 bridgehead atoms. The molecule has 4 rings (SSSR count). The van der Waals surface area contributed by atoms with Crippen LogP contribution in [0.25, 0.3) is 22.0 Å². The van der Waals surface area contributed by atoms with Crippen LogP contribution in [0, 0.1) is 0 Å². The van der Waals surface area contributed by atoms with Gasteiger partial charge in [-0.1, -0.05) is 67.6 Å². The summed E-state index contributed by atoms with van der Waals surface area (Å²) in [5.74, 6) is -0.773. The summed E-state index contributed by atoms with van der Waals surface area (Å²) < 4.78 is 0. The molecule has 4 nitrogen and oxygen atoms in total. The van der Waals surface area contributed by atoms with E-state index >= 15 is 0 Å². The Bertz CT molecular complexity index is 1190. The highest BCUT2D eigenvalue weighted by atomic mass is 16.4. The molecule has 2 N–H and O–H groups in total. The van der Waals surface area contributed by atoms with Gasteiger partial charge in [0.25, 0.3) is 0 Å². The van der Waals surface area contributed by atoms with Gasteiger partial charge in [-0.3, -0.25) is 9.89 Å². The SMILES string of the molecule is CC/C(=C(\c1ccc(CCC(=O)O)cc1)c1ccc2[nH]ncc2c1)c1ccccc1. The summed E-state index contributed by atoms with van der Waals surface area (Å²) in [6.45, 7) is 2.18. The lowest BCUT2D eigenvalue weighted by atomic mass is 9.87. The molecular weight excluding hydrogens is 372 g/mol. The Kier molecular flexibility index (Phi) is 5.75. The first-order chi connectivity index (χ1) is 14.7. The van der Waals surface area contributed by atoms with Crippen molar-refractivity contribution in [1.82, 2.24) is 10.2 Å². The predicted octanol–water partition coefficient (Wildman–Crippen LogP) is 5.95. The maximum absolute atomic E-state index is 10.9. The quantitative estimate of drug-likeness (QED) is 0.379. The summed E-state index contributed by atoms with van der Waals surface area (Å²) in [6, 6.07) is 25.1. The van der Waals surface area contributed by atoms with Crippen LogP contribution in [0.4, 0.5) is 0 Å². The number of benzene rings is 3. The largest absolute Gasteiger partial charge is 0.481 e. The molecule has 4 heteroatoms. The van der Waals surface area contributed by atoms with Crippen LogP contribution in [0.1, 0.15) is 42.0 Å². The van der Waals surface area contributed by atoms with E-state index in [1.165, 1.54) is 16.7 Å². The number of carboxylic acid groups (broad SMARTS) is 1. The van der Waals surface area contributed by atoms with Crippen molar-refractivity contribution in [1.29, 1.82) is 0 Å². The predicted molar refractivity (Wildman–Crippen MR) is 121 cm³/mol. The van der Waals surface area contributed by atoms with E-state index < -0.39 is 5.97 Å². The Balaban J connectivity index is 1.85. The van der Waals surface area contributed by atoms with Crippen LogP contribution in [-0.4, -0.2) is 21.3 Å². The van der Waals surface area contributed by atoms with Gasteiger partial charge in [0, 0.05) is 11.8 Å². The highest BCUT2D eigenvalue weighted by Crippen LogP contribution is 2.35. The van der Waals surface area contributed by atoms with Crippen molar-refractivity contribution in [2.75, 3.05) is 0 Å². The molecule has 0 radical (unpaired) electrons. The summed E-state index contributed by atoms with van der Waals surface area (Å²) in [5.41, 5.74) is 7.98. The van der Waals surface area contributed by atoms with Crippen LogP contribution >= 0.6 is 0 Å². The van der Waals surface area contributed by atoms with E-state index in [0.717, 1.165) is 34.0 Å². The molecule has 1 heterocycles. The molecule has 0 aliphatic carbocycles. The number of hydrogen-bond donors (Lipinski definition) is 2. The maximum atomic E-state index is 10.9. The molecule has 30 heavy (non-hydrogen) atoms. The second-order valence-corrected chi connectivity index (χ2v) is 7.34. The molecular formula is C26H24N2O2. The van der Waals surface area contributed by atoms with E-state index in [0.29, 0.717) is 6.42 Å². The lowest BCUT2D eigenvalue weighted by Crippen LogP contribution is -1.98. The van der Waals surface area contributed by atoms with Crippen molar-refractivity contribution < 1.29 is 9.90 Å². The Morgan fingerprint density at radius 1 is 0.933 bits per heavy atom. The molecule has 0 saturated heterocycles. The van der Waals surface area contributed by atoms with E-state index in [1.807, 2.05) is 24.4 Å². The molecule has 0 unspecified atom stereocenters. The number of aliphatic carboxylic acids is 1. The summed E-state index contributed by atoms with van der Waals surface area (Å²) in [4.78, 5) is 10.9. The second-order valence-electron chi connectivity index (χ2n) is 7.34. The van der Waals surface area contributed by atoms with Crippen molar-refractivity contribution in [2.45, 2.75) is 26.2 Å². The number of allylic oxidation sites excluding steroid dienone is 1. The van der Waals surface area contributed by atoms with Crippen LogP contribution in [0.2, 0.25) is 0 Å². The van der Waals surface area contributed by atoms with Crippen molar-refractivity contribution in [3.63, 3.8) is 0 Å². The smallest absolute Gasteiger partial charge is 0.303 e. The first kappa shape index (κ1) is 19.6. The molecule has 1 aromatic heterocycles. The summed E-state index contributed by atoms with van der Waals surface area (Å²) >= 11 is 0. The number of aryl methyl sites for hydroxylation is 1. The highest BCUT2D eigenvalue weighted by molar-refractivity contribution is 6.00. The molecule has 0 spiro atoms. The van der Waals surface area contributed by atoms with Crippen molar-refractivity contribution in [2.24, 2.45) is 0 Å². The fourth-order valence-electron chi connectivity index (χ4n) is 3.87. The van der Waals surface area contributed by atoms with E-state index in [1.54, 1.807) is 0 Å². The number of carbonyl (C=O) groups is 1. The Morgan fingerprint density at radius 3 is 2.37 bits per heavy atom. The average molecular weight is 396 g/mol. The molecule has 3 aromatic carbocycles. The average Bonchev–Trinajstić information content (AvgIpc) is 3.25.